The van der Waals surface area contributed by atoms with E-state index in [2.05, 4.69) is 4.72 Å². The van der Waals surface area contributed by atoms with E-state index in [0.717, 1.165) is 18.1 Å². The highest BCUT2D eigenvalue weighted by atomic mass is 32.2. The van der Waals surface area contributed by atoms with Crippen molar-refractivity contribution < 1.29 is 13.2 Å². The predicted octanol–water partition coefficient (Wildman–Crippen LogP) is 3.07. The Morgan fingerprint density at radius 2 is 1.90 bits per heavy atom. The fourth-order valence-corrected chi connectivity index (χ4v) is 4.48. The van der Waals surface area contributed by atoms with E-state index in [-0.39, 0.29) is 5.78 Å². The van der Waals surface area contributed by atoms with Crippen LogP contribution in [0.4, 0.5) is 5.69 Å². The van der Waals surface area contributed by atoms with Gasteiger partial charge in [0, 0.05) is 17.7 Å². The molecule has 3 atom stereocenters. The Hall–Kier alpha value is -1.36. The Balaban J connectivity index is 1.62. The molecule has 5 heteroatoms. The minimum Gasteiger partial charge on any atom is -0.294 e. The second-order valence-electron chi connectivity index (χ2n) is 6.51. The van der Waals surface area contributed by atoms with Crippen LogP contribution in [0.15, 0.2) is 24.3 Å². The van der Waals surface area contributed by atoms with Gasteiger partial charge in [-0.1, -0.05) is 6.42 Å². The van der Waals surface area contributed by atoms with Crippen LogP contribution in [0.1, 0.15) is 42.5 Å². The lowest BCUT2D eigenvalue weighted by Crippen LogP contribution is -2.15. The highest BCUT2D eigenvalue weighted by molar-refractivity contribution is 7.92. The van der Waals surface area contributed by atoms with Gasteiger partial charge in [-0.05, 0) is 61.3 Å². The standard InChI is InChI=1S/C16H21NO3S/c1-21(19,20)17-15-6-4-12(5-7-15)16(18)10-14-9-11-2-3-13(14)8-11/h4-7,11,13-14,17H,2-3,8-10H2,1H3. The van der Waals surface area contributed by atoms with Crippen molar-refractivity contribution in [1.29, 1.82) is 0 Å². The van der Waals surface area contributed by atoms with Gasteiger partial charge < -0.3 is 0 Å². The van der Waals surface area contributed by atoms with Crippen molar-refractivity contribution in [3.63, 3.8) is 0 Å². The van der Waals surface area contributed by atoms with Crippen molar-refractivity contribution in [3.8, 4) is 0 Å². The average molecular weight is 307 g/mol. The van der Waals surface area contributed by atoms with Gasteiger partial charge in [-0.3, -0.25) is 9.52 Å². The van der Waals surface area contributed by atoms with E-state index in [1.165, 1.54) is 25.7 Å². The van der Waals surface area contributed by atoms with Gasteiger partial charge in [-0.15, -0.1) is 0 Å². The zero-order chi connectivity index (χ0) is 15.0. The smallest absolute Gasteiger partial charge is 0.229 e. The molecule has 3 rings (SSSR count). The summed E-state index contributed by atoms with van der Waals surface area (Å²) in [5, 5.41) is 0. The van der Waals surface area contributed by atoms with Crippen LogP contribution in [0.25, 0.3) is 0 Å². The summed E-state index contributed by atoms with van der Waals surface area (Å²) in [4.78, 5) is 12.3. The number of fused-ring (bicyclic) bond motifs is 2. The van der Waals surface area contributed by atoms with Crippen LogP contribution < -0.4 is 4.72 Å². The monoisotopic (exact) mass is 307 g/mol. The van der Waals surface area contributed by atoms with Crippen LogP contribution >= 0.6 is 0 Å². The minimum absolute atomic E-state index is 0.179. The van der Waals surface area contributed by atoms with Crippen LogP contribution in [0.3, 0.4) is 0 Å². The molecule has 0 radical (unpaired) electrons. The number of hydrogen-bond donors (Lipinski definition) is 1. The number of hydrogen-bond acceptors (Lipinski definition) is 3. The topological polar surface area (TPSA) is 63.2 Å². The van der Waals surface area contributed by atoms with Crippen molar-refractivity contribution >= 4 is 21.5 Å². The van der Waals surface area contributed by atoms with Crippen LogP contribution in [0.2, 0.25) is 0 Å². The Morgan fingerprint density at radius 1 is 1.19 bits per heavy atom. The molecule has 0 aromatic heterocycles. The summed E-state index contributed by atoms with van der Waals surface area (Å²) in [7, 11) is -3.27. The summed E-state index contributed by atoms with van der Waals surface area (Å²) in [6.45, 7) is 0. The summed E-state index contributed by atoms with van der Waals surface area (Å²) < 4.78 is 24.7. The Kier molecular flexibility index (Phi) is 3.78. The highest BCUT2D eigenvalue weighted by Gasteiger charge is 2.40. The van der Waals surface area contributed by atoms with E-state index in [0.29, 0.717) is 23.6 Å². The van der Waals surface area contributed by atoms with Crippen LogP contribution in [0, 0.1) is 17.8 Å². The first-order valence-corrected chi connectivity index (χ1v) is 9.41. The first-order valence-electron chi connectivity index (χ1n) is 7.52. The van der Waals surface area contributed by atoms with Gasteiger partial charge in [0.15, 0.2) is 5.78 Å². The van der Waals surface area contributed by atoms with Gasteiger partial charge in [0.25, 0.3) is 0 Å². The third-order valence-corrected chi connectivity index (χ3v) is 5.45. The fraction of sp³-hybridized carbons (Fsp3) is 0.562. The number of carbonyl (C=O) groups is 1. The Labute approximate surface area is 126 Å². The van der Waals surface area contributed by atoms with E-state index in [9.17, 15) is 13.2 Å². The second-order valence-corrected chi connectivity index (χ2v) is 8.26. The first kappa shape index (κ1) is 14.6. The third kappa shape index (κ3) is 3.46. The fourth-order valence-electron chi connectivity index (χ4n) is 3.92. The van der Waals surface area contributed by atoms with Crippen molar-refractivity contribution in [2.45, 2.75) is 32.1 Å². The number of nitrogens with one attached hydrogen (secondary N) is 1. The predicted molar refractivity (Wildman–Crippen MR) is 82.8 cm³/mol. The normalized spacial score (nSPS) is 27.8. The van der Waals surface area contributed by atoms with Crippen molar-refractivity contribution in [3.05, 3.63) is 29.8 Å². The number of Topliss-reactive ketones (excluding diaryl/α,β-unsaturated/α-hetero) is 1. The maximum Gasteiger partial charge on any atom is 0.229 e. The van der Waals surface area contributed by atoms with Crippen molar-refractivity contribution in [2.24, 2.45) is 17.8 Å². The van der Waals surface area contributed by atoms with E-state index < -0.39 is 10.0 Å². The lowest BCUT2D eigenvalue weighted by atomic mass is 9.84. The zero-order valence-corrected chi connectivity index (χ0v) is 13.0. The molecule has 2 fully saturated rings. The molecule has 3 unspecified atom stereocenters. The van der Waals surface area contributed by atoms with Gasteiger partial charge in [-0.2, -0.15) is 0 Å². The molecule has 0 saturated heterocycles. The maximum atomic E-state index is 12.3. The Morgan fingerprint density at radius 3 is 2.43 bits per heavy atom. The molecular weight excluding hydrogens is 286 g/mol. The van der Waals surface area contributed by atoms with Crippen LogP contribution in [-0.4, -0.2) is 20.5 Å². The van der Waals surface area contributed by atoms with Gasteiger partial charge in [0.2, 0.25) is 10.0 Å². The second kappa shape index (κ2) is 5.44. The molecule has 1 N–H and O–H groups in total. The molecule has 2 aliphatic rings. The average Bonchev–Trinajstić information content (AvgIpc) is 3.00. The lowest BCUT2D eigenvalue weighted by Gasteiger charge is -2.20. The van der Waals surface area contributed by atoms with Crippen molar-refractivity contribution in [1.82, 2.24) is 0 Å². The van der Waals surface area contributed by atoms with Gasteiger partial charge >= 0.3 is 0 Å². The molecule has 0 amide bonds. The maximum absolute atomic E-state index is 12.3. The summed E-state index contributed by atoms with van der Waals surface area (Å²) in [6, 6.07) is 6.72. The molecule has 114 valence electrons. The lowest BCUT2D eigenvalue weighted by molar-refractivity contribution is 0.0944. The molecule has 0 spiro atoms. The summed E-state index contributed by atoms with van der Waals surface area (Å²) in [5.41, 5.74) is 1.17. The largest absolute Gasteiger partial charge is 0.294 e. The zero-order valence-electron chi connectivity index (χ0n) is 12.2. The molecule has 2 aliphatic carbocycles. The quantitative estimate of drug-likeness (QED) is 0.850. The minimum atomic E-state index is -3.27. The highest BCUT2D eigenvalue weighted by Crippen LogP contribution is 2.49. The van der Waals surface area contributed by atoms with Gasteiger partial charge in [-0.25, -0.2) is 8.42 Å². The number of carbonyl (C=O) groups excluding carboxylic acids is 1. The molecule has 1 aromatic carbocycles. The van der Waals surface area contributed by atoms with E-state index >= 15 is 0 Å². The molecule has 2 saturated carbocycles. The first-order chi connectivity index (χ1) is 9.90. The molecule has 2 bridgehead atoms. The molecule has 21 heavy (non-hydrogen) atoms. The van der Waals surface area contributed by atoms with Gasteiger partial charge in [0.05, 0.1) is 6.26 Å². The van der Waals surface area contributed by atoms with Crippen LogP contribution in [-0.2, 0) is 10.0 Å². The summed E-state index contributed by atoms with van der Waals surface area (Å²) >= 11 is 0. The third-order valence-electron chi connectivity index (χ3n) is 4.84. The summed E-state index contributed by atoms with van der Waals surface area (Å²) in [6.07, 6.45) is 6.92. The number of sulfonamides is 1. The van der Waals surface area contributed by atoms with E-state index in [1.807, 2.05) is 0 Å². The number of ketones is 1. The summed E-state index contributed by atoms with van der Waals surface area (Å²) in [5.74, 6) is 2.35. The molecule has 4 nitrogen and oxygen atoms in total. The Bertz CT molecular complexity index is 636. The number of anilines is 1. The molecule has 0 heterocycles. The molecular formula is C16H21NO3S. The van der Waals surface area contributed by atoms with Crippen molar-refractivity contribution in [2.75, 3.05) is 11.0 Å². The molecule has 1 aromatic rings. The number of benzene rings is 1. The molecule has 0 aliphatic heterocycles. The van der Waals surface area contributed by atoms with Gasteiger partial charge in [0.1, 0.15) is 0 Å². The van der Waals surface area contributed by atoms with E-state index in [1.54, 1.807) is 24.3 Å². The number of rotatable bonds is 5. The SMILES string of the molecule is CS(=O)(=O)Nc1ccc(C(=O)CC2CC3CCC2C3)cc1. The van der Waals surface area contributed by atoms with E-state index in [4.69, 9.17) is 0 Å². The van der Waals surface area contributed by atoms with Crippen LogP contribution in [0.5, 0.6) is 0 Å².